The number of carbonyl (C=O) groups is 1. The van der Waals surface area contributed by atoms with Crippen molar-refractivity contribution in [2.24, 2.45) is 0 Å². The van der Waals surface area contributed by atoms with Crippen LogP contribution in [-0.2, 0) is 0 Å². The second kappa shape index (κ2) is 7.75. The lowest BCUT2D eigenvalue weighted by Gasteiger charge is -2.13. The third-order valence-electron chi connectivity index (χ3n) is 4.26. The maximum atomic E-state index is 14.5. The number of carbonyl (C=O) groups excluding carboxylic acids is 1. The van der Waals surface area contributed by atoms with Crippen LogP contribution in [0.5, 0.6) is 0 Å². The predicted molar refractivity (Wildman–Crippen MR) is 104 cm³/mol. The van der Waals surface area contributed by atoms with Gasteiger partial charge in [0.1, 0.15) is 5.82 Å². The van der Waals surface area contributed by atoms with Crippen molar-refractivity contribution in [1.82, 2.24) is 9.88 Å². The summed E-state index contributed by atoms with van der Waals surface area (Å²) in [5.74, 6) is -0.503. The fourth-order valence-electron chi connectivity index (χ4n) is 2.95. The lowest BCUT2D eigenvalue weighted by atomic mass is 10.1. The molecular weight excluding hydrogens is 351 g/mol. The van der Waals surface area contributed by atoms with Gasteiger partial charge in [-0.3, -0.25) is 4.79 Å². The molecule has 1 heterocycles. The Morgan fingerprint density at radius 3 is 2.50 bits per heavy atom. The Labute approximate surface area is 157 Å². The smallest absolute Gasteiger partial charge is 0.253 e. The molecule has 0 unspecified atom stereocenters. The Morgan fingerprint density at radius 1 is 1.15 bits per heavy atom. The van der Waals surface area contributed by atoms with Crippen LogP contribution in [0.1, 0.15) is 29.4 Å². The summed E-state index contributed by atoms with van der Waals surface area (Å²) in [5.41, 5.74) is 3.23. The number of nitrogens with zero attached hydrogens (tertiary/aromatic N) is 1. The summed E-state index contributed by atoms with van der Waals surface area (Å²) in [5, 5.41) is 3.51. The zero-order valence-corrected chi connectivity index (χ0v) is 15.5. The number of para-hydroxylation sites is 1. The lowest BCUT2D eigenvalue weighted by molar-refractivity contribution is 0.0953. The first-order chi connectivity index (χ1) is 12.5. The Kier molecular flexibility index (Phi) is 5.43. The highest BCUT2D eigenvalue weighted by Gasteiger charge is 2.20. The molecule has 3 nitrogen and oxygen atoms in total. The first-order valence-corrected chi connectivity index (χ1v) is 8.92. The first kappa shape index (κ1) is 18.2. The summed E-state index contributed by atoms with van der Waals surface area (Å²) in [6.45, 7) is 4.42. The lowest BCUT2D eigenvalue weighted by Crippen LogP contribution is -2.24. The molecular formula is C21H20ClFN2O. The quantitative estimate of drug-likeness (QED) is 0.642. The average molecular weight is 371 g/mol. The largest absolute Gasteiger partial charge is 0.352 e. The van der Waals surface area contributed by atoms with E-state index in [1.54, 1.807) is 41.0 Å². The zero-order valence-electron chi connectivity index (χ0n) is 14.7. The standard InChI is InChI=1S/C21H20ClFN2O/c1-3-12-24-21(26)17-13-20(15-8-10-16(22)11-9-15)25(14(17)2)19-7-5-4-6-18(19)23/h4-11,13H,3,12H2,1-2H3,(H,24,26). The van der Waals surface area contributed by atoms with E-state index in [1.807, 2.05) is 26.0 Å². The molecule has 134 valence electrons. The van der Waals surface area contributed by atoms with Crippen molar-refractivity contribution >= 4 is 17.5 Å². The van der Waals surface area contributed by atoms with Crippen LogP contribution in [0.25, 0.3) is 16.9 Å². The summed E-state index contributed by atoms with van der Waals surface area (Å²) < 4.78 is 16.3. The van der Waals surface area contributed by atoms with E-state index in [0.29, 0.717) is 28.5 Å². The Hall–Kier alpha value is -2.59. The minimum absolute atomic E-state index is 0.158. The molecule has 1 amide bonds. The molecule has 0 aliphatic rings. The molecule has 26 heavy (non-hydrogen) atoms. The molecule has 0 aliphatic heterocycles. The van der Waals surface area contributed by atoms with Crippen LogP contribution in [0.2, 0.25) is 5.02 Å². The average Bonchev–Trinajstić information content (AvgIpc) is 2.98. The van der Waals surface area contributed by atoms with E-state index >= 15 is 0 Å². The van der Waals surface area contributed by atoms with E-state index in [-0.39, 0.29) is 11.7 Å². The molecule has 3 aromatic rings. The highest BCUT2D eigenvalue weighted by Crippen LogP contribution is 2.31. The molecule has 1 aromatic heterocycles. The predicted octanol–water partition coefficient (Wildman–Crippen LogP) is 5.39. The normalized spacial score (nSPS) is 10.8. The SMILES string of the molecule is CCCNC(=O)c1cc(-c2ccc(Cl)cc2)n(-c2ccccc2F)c1C. The van der Waals surface area contributed by atoms with Crippen LogP contribution in [0.3, 0.4) is 0 Å². The molecule has 0 spiro atoms. The van der Waals surface area contributed by atoms with E-state index < -0.39 is 0 Å². The van der Waals surface area contributed by atoms with E-state index in [4.69, 9.17) is 11.6 Å². The van der Waals surface area contributed by atoms with Gasteiger partial charge >= 0.3 is 0 Å². The fourth-order valence-corrected chi connectivity index (χ4v) is 3.07. The second-order valence-corrected chi connectivity index (χ2v) is 6.51. The van der Waals surface area contributed by atoms with Crippen LogP contribution in [0.15, 0.2) is 54.6 Å². The number of halogens is 2. The fraction of sp³-hybridized carbons (Fsp3) is 0.190. The van der Waals surface area contributed by atoms with E-state index in [0.717, 1.165) is 17.7 Å². The second-order valence-electron chi connectivity index (χ2n) is 6.08. The van der Waals surface area contributed by atoms with Crippen molar-refractivity contribution in [3.8, 4) is 16.9 Å². The minimum atomic E-state index is -0.345. The summed E-state index contributed by atoms with van der Waals surface area (Å²) in [6.07, 6.45) is 0.850. The van der Waals surface area contributed by atoms with Crippen LogP contribution >= 0.6 is 11.6 Å². The van der Waals surface area contributed by atoms with Crippen molar-refractivity contribution in [3.63, 3.8) is 0 Å². The van der Waals surface area contributed by atoms with Gasteiger partial charge in [0.25, 0.3) is 5.91 Å². The highest BCUT2D eigenvalue weighted by atomic mass is 35.5. The van der Waals surface area contributed by atoms with Gasteiger partial charge in [-0.15, -0.1) is 0 Å². The van der Waals surface area contributed by atoms with Gasteiger partial charge < -0.3 is 9.88 Å². The van der Waals surface area contributed by atoms with Crippen molar-refractivity contribution < 1.29 is 9.18 Å². The number of nitrogens with one attached hydrogen (secondary N) is 1. The molecule has 0 saturated heterocycles. The monoisotopic (exact) mass is 370 g/mol. The van der Waals surface area contributed by atoms with Crippen molar-refractivity contribution in [2.75, 3.05) is 6.54 Å². The molecule has 0 bridgehead atoms. The number of aromatic nitrogens is 1. The first-order valence-electron chi connectivity index (χ1n) is 8.54. The third kappa shape index (κ3) is 3.51. The van der Waals surface area contributed by atoms with Gasteiger partial charge in [0.2, 0.25) is 0 Å². The van der Waals surface area contributed by atoms with Gasteiger partial charge in [-0.25, -0.2) is 4.39 Å². The molecule has 1 N–H and O–H groups in total. The van der Waals surface area contributed by atoms with Gasteiger partial charge in [-0.1, -0.05) is 42.8 Å². The van der Waals surface area contributed by atoms with Crippen molar-refractivity contribution in [2.45, 2.75) is 20.3 Å². The highest BCUT2D eigenvalue weighted by molar-refractivity contribution is 6.30. The number of amides is 1. The summed E-state index contributed by atoms with van der Waals surface area (Å²) in [6, 6.07) is 15.6. The van der Waals surface area contributed by atoms with Gasteiger partial charge in [0.05, 0.1) is 16.9 Å². The van der Waals surface area contributed by atoms with Crippen molar-refractivity contribution in [1.29, 1.82) is 0 Å². The Balaban J connectivity index is 2.20. The van der Waals surface area contributed by atoms with Crippen LogP contribution in [0, 0.1) is 12.7 Å². The number of hydrogen-bond donors (Lipinski definition) is 1. The molecule has 5 heteroatoms. The van der Waals surface area contributed by atoms with Crippen LogP contribution in [0.4, 0.5) is 4.39 Å². The molecule has 0 atom stereocenters. The maximum absolute atomic E-state index is 14.5. The van der Waals surface area contributed by atoms with E-state index in [9.17, 15) is 9.18 Å². The summed E-state index contributed by atoms with van der Waals surface area (Å²) >= 11 is 5.99. The van der Waals surface area contributed by atoms with Gasteiger partial charge in [0.15, 0.2) is 0 Å². The summed E-state index contributed by atoms with van der Waals surface area (Å²) in [7, 11) is 0. The number of benzene rings is 2. The van der Waals surface area contributed by atoms with Gasteiger partial charge in [-0.05, 0) is 49.2 Å². The zero-order chi connectivity index (χ0) is 18.7. The third-order valence-corrected chi connectivity index (χ3v) is 4.51. The van der Waals surface area contributed by atoms with E-state index in [2.05, 4.69) is 5.32 Å². The Bertz CT molecular complexity index is 932. The molecule has 2 aromatic carbocycles. The van der Waals surface area contributed by atoms with Crippen LogP contribution in [-0.4, -0.2) is 17.0 Å². The summed E-state index contributed by atoms with van der Waals surface area (Å²) in [4.78, 5) is 12.6. The number of rotatable bonds is 5. The van der Waals surface area contributed by atoms with E-state index in [1.165, 1.54) is 6.07 Å². The molecule has 0 aliphatic carbocycles. The van der Waals surface area contributed by atoms with Gasteiger partial charge in [0, 0.05) is 17.3 Å². The molecule has 0 saturated carbocycles. The maximum Gasteiger partial charge on any atom is 0.253 e. The Morgan fingerprint density at radius 2 is 1.85 bits per heavy atom. The molecule has 3 rings (SSSR count). The van der Waals surface area contributed by atoms with Crippen LogP contribution < -0.4 is 5.32 Å². The van der Waals surface area contributed by atoms with Gasteiger partial charge in [-0.2, -0.15) is 0 Å². The topological polar surface area (TPSA) is 34.0 Å². The molecule has 0 fully saturated rings. The van der Waals surface area contributed by atoms with Crippen molar-refractivity contribution in [3.05, 3.63) is 76.7 Å². The minimum Gasteiger partial charge on any atom is -0.352 e. The number of hydrogen-bond acceptors (Lipinski definition) is 1. The molecule has 0 radical (unpaired) electrons.